The molecule has 132 valence electrons. The van der Waals surface area contributed by atoms with E-state index in [0.717, 1.165) is 49.4 Å². The minimum atomic E-state index is 0.0381. The van der Waals surface area contributed by atoms with Crippen LogP contribution in [0.3, 0.4) is 0 Å². The molecule has 1 spiro atoms. The quantitative estimate of drug-likeness (QED) is 0.929. The van der Waals surface area contributed by atoms with Crippen LogP contribution >= 0.6 is 0 Å². The van der Waals surface area contributed by atoms with Crippen molar-refractivity contribution in [2.45, 2.75) is 51.9 Å². The zero-order chi connectivity index (χ0) is 17.4. The molecule has 4 rings (SSSR count). The minimum Gasteiger partial charge on any atom is -0.336 e. The van der Waals surface area contributed by atoms with E-state index in [0.29, 0.717) is 12.2 Å². The number of hydrogen-bond donors (Lipinski definition) is 1. The number of nitrogens with one attached hydrogen (secondary N) is 1. The molecule has 25 heavy (non-hydrogen) atoms. The summed E-state index contributed by atoms with van der Waals surface area (Å²) in [6.45, 7) is 5.57. The highest BCUT2D eigenvalue weighted by molar-refractivity contribution is 5.94. The summed E-state index contributed by atoms with van der Waals surface area (Å²) in [6, 6.07) is 3.81. The van der Waals surface area contributed by atoms with Gasteiger partial charge in [-0.25, -0.2) is 4.98 Å². The van der Waals surface area contributed by atoms with Gasteiger partial charge in [0.05, 0.1) is 0 Å². The van der Waals surface area contributed by atoms with Crippen LogP contribution in [0.2, 0.25) is 0 Å². The second-order valence-corrected chi connectivity index (χ2v) is 7.51. The molecule has 1 saturated carbocycles. The van der Waals surface area contributed by atoms with Gasteiger partial charge in [-0.05, 0) is 43.2 Å². The van der Waals surface area contributed by atoms with Crippen LogP contribution in [0.5, 0.6) is 0 Å². The molecule has 6 nitrogen and oxygen atoms in total. The number of hydrogen-bond acceptors (Lipinski definition) is 4. The second kappa shape index (κ2) is 6.24. The molecule has 1 saturated heterocycles. The molecule has 0 bridgehead atoms. The number of carbonyl (C=O) groups excluding carboxylic acids is 1. The zero-order valence-corrected chi connectivity index (χ0v) is 15.0. The fourth-order valence-electron chi connectivity index (χ4n) is 4.29. The van der Waals surface area contributed by atoms with Crippen LogP contribution in [-0.2, 0) is 6.42 Å². The SMILES string of the molecule is CCCc1nc(C2CN(C(=O)c3ncccc3C)CC23CCC3)n[nH]1. The smallest absolute Gasteiger partial charge is 0.272 e. The maximum Gasteiger partial charge on any atom is 0.272 e. The van der Waals surface area contributed by atoms with E-state index < -0.39 is 0 Å². The topological polar surface area (TPSA) is 74.8 Å². The second-order valence-electron chi connectivity index (χ2n) is 7.51. The van der Waals surface area contributed by atoms with Crippen molar-refractivity contribution in [3.8, 4) is 0 Å². The van der Waals surface area contributed by atoms with E-state index in [9.17, 15) is 4.79 Å². The van der Waals surface area contributed by atoms with Crippen LogP contribution in [0.15, 0.2) is 18.3 Å². The number of rotatable bonds is 4. The number of aromatic amines is 1. The van der Waals surface area contributed by atoms with Crippen molar-refractivity contribution in [1.29, 1.82) is 0 Å². The predicted octanol–water partition coefficient (Wildman–Crippen LogP) is 2.87. The molecule has 2 fully saturated rings. The van der Waals surface area contributed by atoms with E-state index in [1.54, 1.807) is 6.20 Å². The number of nitrogens with zero attached hydrogens (tertiary/aromatic N) is 4. The normalized spacial score (nSPS) is 21.5. The average molecular weight is 339 g/mol. The molecule has 0 aromatic carbocycles. The summed E-state index contributed by atoms with van der Waals surface area (Å²) in [5.41, 5.74) is 1.66. The van der Waals surface area contributed by atoms with Gasteiger partial charge in [0.1, 0.15) is 11.5 Å². The molecule has 1 aliphatic carbocycles. The van der Waals surface area contributed by atoms with Crippen molar-refractivity contribution in [2.75, 3.05) is 13.1 Å². The van der Waals surface area contributed by atoms with E-state index in [-0.39, 0.29) is 17.2 Å². The van der Waals surface area contributed by atoms with Crippen LogP contribution in [0.4, 0.5) is 0 Å². The monoisotopic (exact) mass is 339 g/mol. The standard InChI is InChI=1S/C19H25N5O/c1-3-6-15-21-17(23-22-15)14-11-24(12-19(14)8-5-9-19)18(25)16-13(2)7-4-10-20-16/h4,7,10,14H,3,5-6,8-9,11-12H2,1-2H3,(H,21,22,23). The lowest BCUT2D eigenvalue weighted by molar-refractivity contribution is 0.0718. The highest BCUT2D eigenvalue weighted by Crippen LogP contribution is 2.55. The van der Waals surface area contributed by atoms with Crippen LogP contribution < -0.4 is 0 Å². The Morgan fingerprint density at radius 1 is 1.44 bits per heavy atom. The Bertz CT molecular complexity index is 780. The molecule has 6 heteroatoms. The lowest BCUT2D eigenvalue weighted by Crippen LogP contribution is -2.38. The van der Waals surface area contributed by atoms with Gasteiger partial charge in [0.2, 0.25) is 0 Å². The molecular weight excluding hydrogens is 314 g/mol. The first kappa shape index (κ1) is 16.2. The Labute approximate surface area is 148 Å². The average Bonchev–Trinajstić information content (AvgIpc) is 3.19. The summed E-state index contributed by atoms with van der Waals surface area (Å²) in [7, 11) is 0. The molecule has 1 amide bonds. The minimum absolute atomic E-state index is 0.0381. The molecule has 1 N–H and O–H groups in total. The van der Waals surface area contributed by atoms with Crippen molar-refractivity contribution in [3.63, 3.8) is 0 Å². The van der Waals surface area contributed by atoms with E-state index in [1.807, 2.05) is 24.0 Å². The first-order chi connectivity index (χ1) is 12.1. The van der Waals surface area contributed by atoms with Crippen LogP contribution in [0.25, 0.3) is 0 Å². The van der Waals surface area contributed by atoms with Crippen LogP contribution in [0.1, 0.15) is 66.2 Å². The lowest BCUT2D eigenvalue weighted by atomic mass is 9.62. The molecule has 2 aromatic rings. The zero-order valence-electron chi connectivity index (χ0n) is 15.0. The third kappa shape index (κ3) is 2.73. The highest BCUT2D eigenvalue weighted by atomic mass is 16.2. The van der Waals surface area contributed by atoms with Gasteiger partial charge >= 0.3 is 0 Å². The molecule has 1 atom stereocenters. The molecule has 1 aliphatic heterocycles. The summed E-state index contributed by atoms with van der Waals surface area (Å²) >= 11 is 0. The molecular formula is C19H25N5O. The number of aryl methyl sites for hydroxylation is 2. The number of likely N-dealkylation sites (tertiary alicyclic amines) is 1. The van der Waals surface area contributed by atoms with Crippen molar-refractivity contribution >= 4 is 5.91 Å². The first-order valence-corrected chi connectivity index (χ1v) is 9.25. The summed E-state index contributed by atoms with van der Waals surface area (Å²) in [6.07, 6.45) is 7.20. The van der Waals surface area contributed by atoms with Gasteiger partial charge in [-0.1, -0.05) is 19.4 Å². The first-order valence-electron chi connectivity index (χ1n) is 9.25. The molecule has 1 unspecified atom stereocenters. The third-order valence-corrected chi connectivity index (χ3v) is 5.84. The number of aromatic nitrogens is 4. The van der Waals surface area contributed by atoms with Crippen LogP contribution in [0, 0.1) is 12.3 Å². The Hall–Kier alpha value is -2.24. The Morgan fingerprint density at radius 2 is 2.28 bits per heavy atom. The molecule has 3 heterocycles. The van der Waals surface area contributed by atoms with E-state index in [4.69, 9.17) is 4.98 Å². The Balaban J connectivity index is 1.59. The number of carbonyl (C=O) groups is 1. The maximum absolute atomic E-state index is 13.0. The van der Waals surface area contributed by atoms with Crippen LogP contribution in [-0.4, -0.2) is 44.1 Å². The third-order valence-electron chi connectivity index (χ3n) is 5.84. The number of amides is 1. The van der Waals surface area contributed by atoms with Crippen molar-refractivity contribution < 1.29 is 4.79 Å². The van der Waals surface area contributed by atoms with Gasteiger partial charge in [0, 0.05) is 31.6 Å². The fourth-order valence-corrected chi connectivity index (χ4v) is 4.29. The largest absolute Gasteiger partial charge is 0.336 e. The van der Waals surface area contributed by atoms with Gasteiger partial charge in [-0.15, -0.1) is 0 Å². The summed E-state index contributed by atoms with van der Waals surface area (Å²) in [5, 5.41) is 7.57. The molecule has 2 aromatic heterocycles. The van der Waals surface area contributed by atoms with Crippen molar-refractivity contribution in [3.05, 3.63) is 41.2 Å². The fraction of sp³-hybridized carbons (Fsp3) is 0.579. The van der Waals surface area contributed by atoms with Gasteiger partial charge < -0.3 is 4.90 Å². The van der Waals surface area contributed by atoms with Crippen molar-refractivity contribution in [1.82, 2.24) is 25.1 Å². The van der Waals surface area contributed by atoms with Gasteiger partial charge in [-0.2, -0.15) is 5.10 Å². The maximum atomic E-state index is 13.0. The van der Waals surface area contributed by atoms with E-state index in [1.165, 1.54) is 6.42 Å². The predicted molar refractivity (Wildman–Crippen MR) is 94.3 cm³/mol. The highest BCUT2D eigenvalue weighted by Gasteiger charge is 2.53. The van der Waals surface area contributed by atoms with Gasteiger partial charge in [-0.3, -0.25) is 14.9 Å². The number of pyridine rings is 1. The summed E-state index contributed by atoms with van der Waals surface area (Å²) < 4.78 is 0. The summed E-state index contributed by atoms with van der Waals surface area (Å²) in [5.74, 6) is 2.11. The van der Waals surface area contributed by atoms with E-state index in [2.05, 4.69) is 22.1 Å². The van der Waals surface area contributed by atoms with Gasteiger partial charge in [0.25, 0.3) is 5.91 Å². The van der Waals surface area contributed by atoms with E-state index >= 15 is 0 Å². The Morgan fingerprint density at radius 3 is 2.96 bits per heavy atom. The van der Waals surface area contributed by atoms with Gasteiger partial charge in [0.15, 0.2) is 5.82 Å². The van der Waals surface area contributed by atoms with Crippen molar-refractivity contribution in [2.24, 2.45) is 5.41 Å². The Kier molecular flexibility index (Phi) is 4.06. The molecule has 0 radical (unpaired) electrons. The molecule has 2 aliphatic rings. The summed E-state index contributed by atoms with van der Waals surface area (Å²) in [4.78, 5) is 24.0. The number of H-pyrrole nitrogens is 1. The lowest BCUT2D eigenvalue weighted by Gasteiger charge is -2.41.